The number of nitrogens with one attached hydrogen (secondary N) is 2. The standard InChI is InChI=1S/C16H18N2O5S2/c1-11(16(20)21)18-15(19)12-4-6-14(7-5-12)25(22,23)17-9-8-13-3-2-10-24-13/h2-7,10-11,17H,8-9H2,1H3,(H,18,19)(H,20,21)/t11-/m1/s1. The number of aliphatic carboxylic acids is 1. The molecule has 0 saturated heterocycles. The topological polar surface area (TPSA) is 113 Å². The molecule has 0 radical (unpaired) electrons. The monoisotopic (exact) mass is 382 g/mol. The number of hydrogen-bond donors (Lipinski definition) is 3. The fourth-order valence-electron chi connectivity index (χ4n) is 1.97. The predicted octanol–water partition coefficient (Wildman–Crippen LogP) is 1.47. The van der Waals surface area contributed by atoms with E-state index in [9.17, 15) is 18.0 Å². The van der Waals surface area contributed by atoms with Gasteiger partial charge in [0, 0.05) is 17.0 Å². The van der Waals surface area contributed by atoms with Crippen molar-refractivity contribution in [3.8, 4) is 0 Å². The van der Waals surface area contributed by atoms with Crippen LogP contribution in [0, 0.1) is 0 Å². The normalized spacial score (nSPS) is 12.5. The first kappa shape index (κ1) is 19.1. The van der Waals surface area contributed by atoms with Crippen molar-refractivity contribution in [2.45, 2.75) is 24.3 Å². The smallest absolute Gasteiger partial charge is 0.325 e. The number of amides is 1. The van der Waals surface area contributed by atoms with E-state index in [1.807, 2.05) is 17.5 Å². The number of carbonyl (C=O) groups is 2. The van der Waals surface area contributed by atoms with Crippen molar-refractivity contribution in [3.63, 3.8) is 0 Å². The molecular weight excluding hydrogens is 364 g/mol. The Balaban J connectivity index is 1.97. The van der Waals surface area contributed by atoms with Crippen molar-refractivity contribution < 1.29 is 23.1 Å². The minimum absolute atomic E-state index is 0.0431. The summed E-state index contributed by atoms with van der Waals surface area (Å²) in [6.45, 7) is 1.62. The minimum Gasteiger partial charge on any atom is -0.480 e. The molecule has 0 saturated carbocycles. The van der Waals surface area contributed by atoms with Gasteiger partial charge in [0.15, 0.2) is 0 Å². The lowest BCUT2D eigenvalue weighted by Crippen LogP contribution is -2.38. The Hall–Kier alpha value is -2.23. The molecule has 0 aliphatic carbocycles. The number of rotatable bonds is 8. The summed E-state index contributed by atoms with van der Waals surface area (Å²) in [7, 11) is -3.66. The van der Waals surface area contributed by atoms with Crippen molar-refractivity contribution in [2.24, 2.45) is 0 Å². The molecule has 0 bridgehead atoms. The van der Waals surface area contributed by atoms with E-state index in [-0.39, 0.29) is 17.0 Å². The lowest BCUT2D eigenvalue weighted by Gasteiger charge is -2.10. The Morgan fingerprint density at radius 3 is 2.44 bits per heavy atom. The molecule has 0 fully saturated rings. The minimum atomic E-state index is -3.66. The average Bonchev–Trinajstić information content (AvgIpc) is 3.08. The van der Waals surface area contributed by atoms with Gasteiger partial charge in [-0.3, -0.25) is 9.59 Å². The molecule has 7 nitrogen and oxygen atoms in total. The second kappa shape index (κ2) is 8.24. The summed E-state index contributed by atoms with van der Waals surface area (Å²) in [5, 5.41) is 13.0. The maximum Gasteiger partial charge on any atom is 0.325 e. The van der Waals surface area contributed by atoms with Crippen LogP contribution in [0.25, 0.3) is 0 Å². The Bertz CT molecular complexity index is 830. The second-order valence-corrected chi connectivity index (χ2v) is 8.08. The zero-order valence-corrected chi connectivity index (χ0v) is 15.1. The van der Waals surface area contributed by atoms with Crippen molar-refractivity contribution >= 4 is 33.2 Å². The molecule has 134 valence electrons. The fourth-order valence-corrected chi connectivity index (χ4v) is 3.71. The Labute approximate surface area is 149 Å². The molecule has 0 aliphatic heterocycles. The molecule has 2 aromatic rings. The number of sulfonamides is 1. The van der Waals surface area contributed by atoms with Crippen LogP contribution in [0.15, 0.2) is 46.7 Å². The SMILES string of the molecule is C[C@@H](NC(=O)c1ccc(S(=O)(=O)NCCc2cccs2)cc1)C(=O)O. The van der Waals surface area contributed by atoms with E-state index in [2.05, 4.69) is 10.0 Å². The van der Waals surface area contributed by atoms with E-state index < -0.39 is 27.9 Å². The Morgan fingerprint density at radius 1 is 1.20 bits per heavy atom. The van der Waals surface area contributed by atoms with Crippen LogP contribution >= 0.6 is 11.3 Å². The summed E-state index contributed by atoms with van der Waals surface area (Å²) in [6.07, 6.45) is 0.602. The van der Waals surface area contributed by atoms with Gasteiger partial charge in [-0.1, -0.05) is 6.07 Å². The molecule has 0 aliphatic rings. The molecule has 0 spiro atoms. The highest BCUT2D eigenvalue weighted by Crippen LogP contribution is 2.12. The number of hydrogen-bond acceptors (Lipinski definition) is 5. The average molecular weight is 382 g/mol. The number of benzene rings is 1. The lowest BCUT2D eigenvalue weighted by atomic mass is 10.2. The zero-order chi connectivity index (χ0) is 18.4. The third kappa shape index (κ3) is 5.38. The van der Waals surface area contributed by atoms with Crippen molar-refractivity contribution in [1.29, 1.82) is 0 Å². The Kier molecular flexibility index (Phi) is 6.29. The van der Waals surface area contributed by atoms with Crippen LogP contribution in [0.5, 0.6) is 0 Å². The summed E-state index contributed by atoms with van der Waals surface area (Å²) >= 11 is 1.56. The Morgan fingerprint density at radius 2 is 1.88 bits per heavy atom. The van der Waals surface area contributed by atoms with E-state index in [0.717, 1.165) is 4.88 Å². The molecule has 1 amide bonds. The van der Waals surface area contributed by atoms with Gasteiger partial charge in [-0.15, -0.1) is 11.3 Å². The van der Waals surface area contributed by atoms with Gasteiger partial charge in [0.05, 0.1) is 4.90 Å². The third-order valence-electron chi connectivity index (χ3n) is 3.39. The zero-order valence-electron chi connectivity index (χ0n) is 13.4. The van der Waals surface area contributed by atoms with E-state index in [1.165, 1.54) is 31.2 Å². The molecule has 1 aromatic heterocycles. The number of carboxylic acids is 1. The van der Waals surface area contributed by atoms with Gasteiger partial charge in [-0.05, 0) is 49.1 Å². The largest absolute Gasteiger partial charge is 0.480 e. The van der Waals surface area contributed by atoms with Crippen molar-refractivity contribution in [2.75, 3.05) is 6.54 Å². The summed E-state index contributed by atoms with van der Waals surface area (Å²) in [5.41, 5.74) is 0.186. The lowest BCUT2D eigenvalue weighted by molar-refractivity contribution is -0.138. The van der Waals surface area contributed by atoms with E-state index in [4.69, 9.17) is 5.11 Å². The van der Waals surface area contributed by atoms with Gasteiger partial charge in [-0.25, -0.2) is 13.1 Å². The molecule has 25 heavy (non-hydrogen) atoms. The first-order valence-corrected chi connectivity index (χ1v) is 9.81. The summed E-state index contributed by atoms with van der Waals surface area (Å²) < 4.78 is 27.0. The van der Waals surface area contributed by atoms with Crippen LogP contribution < -0.4 is 10.0 Å². The van der Waals surface area contributed by atoms with Gasteiger partial charge in [0.1, 0.15) is 6.04 Å². The van der Waals surface area contributed by atoms with Gasteiger partial charge in [0.25, 0.3) is 5.91 Å². The molecule has 0 unspecified atom stereocenters. The first-order chi connectivity index (χ1) is 11.8. The van der Waals surface area contributed by atoms with E-state index in [1.54, 1.807) is 11.3 Å². The summed E-state index contributed by atoms with van der Waals surface area (Å²) in [6, 6.07) is 8.13. The number of carboxylic acid groups (broad SMARTS) is 1. The van der Waals surface area contributed by atoms with Crippen LogP contribution in [-0.4, -0.2) is 38.0 Å². The third-order valence-corrected chi connectivity index (χ3v) is 5.80. The van der Waals surface area contributed by atoms with Crippen LogP contribution in [0.3, 0.4) is 0 Å². The van der Waals surface area contributed by atoms with Crippen LogP contribution in [0.4, 0.5) is 0 Å². The van der Waals surface area contributed by atoms with Crippen molar-refractivity contribution in [3.05, 3.63) is 52.2 Å². The highest BCUT2D eigenvalue weighted by atomic mass is 32.2. The van der Waals surface area contributed by atoms with E-state index in [0.29, 0.717) is 6.42 Å². The van der Waals surface area contributed by atoms with Gasteiger partial charge in [0.2, 0.25) is 10.0 Å². The predicted molar refractivity (Wildman–Crippen MR) is 94.2 cm³/mol. The molecule has 3 N–H and O–H groups in total. The quantitative estimate of drug-likeness (QED) is 0.640. The molecule has 9 heteroatoms. The molecule has 1 heterocycles. The summed E-state index contributed by atoms with van der Waals surface area (Å²) in [5.74, 6) is -1.73. The van der Waals surface area contributed by atoms with Gasteiger partial charge < -0.3 is 10.4 Å². The number of carbonyl (C=O) groups excluding carboxylic acids is 1. The maximum absolute atomic E-state index is 12.2. The van der Waals surface area contributed by atoms with Gasteiger partial charge in [-0.2, -0.15) is 0 Å². The van der Waals surface area contributed by atoms with Crippen LogP contribution in [-0.2, 0) is 21.2 Å². The molecule has 1 aromatic carbocycles. The number of thiophene rings is 1. The van der Waals surface area contributed by atoms with Crippen LogP contribution in [0.2, 0.25) is 0 Å². The maximum atomic E-state index is 12.2. The second-order valence-electron chi connectivity index (χ2n) is 5.28. The van der Waals surface area contributed by atoms with Crippen molar-refractivity contribution in [1.82, 2.24) is 10.0 Å². The van der Waals surface area contributed by atoms with Gasteiger partial charge >= 0.3 is 5.97 Å². The molecular formula is C16H18N2O5S2. The fraction of sp³-hybridized carbons (Fsp3) is 0.250. The first-order valence-electron chi connectivity index (χ1n) is 7.45. The summed E-state index contributed by atoms with van der Waals surface area (Å²) in [4.78, 5) is 23.7. The molecule has 2 rings (SSSR count). The van der Waals surface area contributed by atoms with E-state index >= 15 is 0 Å². The molecule has 1 atom stereocenters. The highest BCUT2D eigenvalue weighted by Gasteiger charge is 2.17. The highest BCUT2D eigenvalue weighted by molar-refractivity contribution is 7.89. The van der Waals surface area contributed by atoms with Crippen LogP contribution in [0.1, 0.15) is 22.2 Å².